The molecule has 28 heavy (non-hydrogen) atoms. The zero-order valence-corrected chi connectivity index (χ0v) is 16.7. The monoisotopic (exact) mass is 382 g/mol. The summed E-state index contributed by atoms with van der Waals surface area (Å²) < 4.78 is 13.3. The Morgan fingerprint density at radius 1 is 1.36 bits per heavy atom. The third-order valence-electron chi connectivity index (χ3n) is 5.84. The lowest BCUT2D eigenvalue weighted by Crippen LogP contribution is -2.57. The molecule has 2 aliphatic carbocycles. The number of nitrogens with zero attached hydrogens (tertiary/aromatic N) is 3. The molecule has 0 saturated carbocycles. The van der Waals surface area contributed by atoms with Crippen LogP contribution >= 0.6 is 0 Å². The second-order valence-corrected chi connectivity index (χ2v) is 8.00. The fourth-order valence-corrected chi connectivity index (χ4v) is 4.14. The van der Waals surface area contributed by atoms with Crippen molar-refractivity contribution in [3.8, 4) is 0 Å². The first-order valence-corrected chi connectivity index (χ1v) is 10.1. The van der Waals surface area contributed by atoms with Crippen molar-refractivity contribution in [2.75, 3.05) is 6.54 Å². The number of amides is 1. The van der Waals surface area contributed by atoms with Gasteiger partial charge in [-0.3, -0.25) is 4.79 Å². The Balaban J connectivity index is 1.57. The van der Waals surface area contributed by atoms with Gasteiger partial charge in [0.1, 0.15) is 12.3 Å². The molecule has 0 aromatic rings. The third kappa shape index (κ3) is 3.60. The standard InChI is InChI=1S/C22H27FN4O/c1-13-11-18-19(12-14(13)2)27(10-4-5-16-6-8-17(23)9-7-16)21-20(26-18)22(28)25-15(3)24-21/h6-8,11,15,17,19H,4-5,9-10,12H2,1-3H3,(H,25,28). The molecule has 1 N–H and O–H groups in total. The second kappa shape index (κ2) is 7.49. The Hall–Kier alpha value is -2.50. The molecule has 0 aromatic carbocycles. The van der Waals surface area contributed by atoms with Crippen molar-refractivity contribution >= 4 is 17.5 Å². The summed E-state index contributed by atoms with van der Waals surface area (Å²) >= 11 is 0. The van der Waals surface area contributed by atoms with Gasteiger partial charge in [0.2, 0.25) is 0 Å². The van der Waals surface area contributed by atoms with Gasteiger partial charge in [0.15, 0.2) is 11.5 Å². The number of carbonyl (C=O) groups is 1. The molecule has 2 aliphatic heterocycles. The normalized spacial score (nSPS) is 29.4. The van der Waals surface area contributed by atoms with Gasteiger partial charge in [-0.1, -0.05) is 34.9 Å². The van der Waals surface area contributed by atoms with E-state index in [1.807, 2.05) is 19.1 Å². The Morgan fingerprint density at radius 2 is 2.18 bits per heavy atom. The first-order valence-electron chi connectivity index (χ1n) is 10.1. The van der Waals surface area contributed by atoms with Gasteiger partial charge < -0.3 is 10.2 Å². The number of allylic oxidation sites excluding steroid dienone is 6. The van der Waals surface area contributed by atoms with E-state index in [1.165, 1.54) is 16.7 Å². The van der Waals surface area contributed by atoms with E-state index in [0.29, 0.717) is 18.0 Å². The first kappa shape index (κ1) is 18.8. The van der Waals surface area contributed by atoms with Crippen LogP contribution in [-0.2, 0) is 4.79 Å². The molecule has 0 spiro atoms. The van der Waals surface area contributed by atoms with E-state index in [-0.39, 0.29) is 18.1 Å². The van der Waals surface area contributed by atoms with E-state index in [4.69, 9.17) is 4.99 Å². The van der Waals surface area contributed by atoms with Crippen molar-refractivity contribution in [1.29, 1.82) is 0 Å². The lowest BCUT2D eigenvalue weighted by Gasteiger charge is -2.42. The predicted octanol–water partition coefficient (Wildman–Crippen LogP) is 3.61. The van der Waals surface area contributed by atoms with Gasteiger partial charge in [0, 0.05) is 13.0 Å². The van der Waals surface area contributed by atoms with E-state index in [0.717, 1.165) is 31.5 Å². The van der Waals surface area contributed by atoms with Gasteiger partial charge in [-0.25, -0.2) is 14.4 Å². The number of nitrogens with one attached hydrogen (secondary N) is 1. The van der Waals surface area contributed by atoms with Gasteiger partial charge in [0.05, 0.1) is 11.7 Å². The molecule has 0 fully saturated rings. The van der Waals surface area contributed by atoms with Crippen LogP contribution in [0.1, 0.15) is 46.5 Å². The zero-order chi connectivity index (χ0) is 19.8. The smallest absolute Gasteiger partial charge is 0.275 e. The van der Waals surface area contributed by atoms with Gasteiger partial charge in [0.25, 0.3) is 5.91 Å². The van der Waals surface area contributed by atoms with Crippen LogP contribution in [0.4, 0.5) is 4.39 Å². The SMILES string of the molecule is CC1=C(C)CC2C(=C1)N=C1C(=O)NC(C)N=C1N2CCCC1=CCC(F)C=C1. The summed E-state index contributed by atoms with van der Waals surface area (Å²) in [7, 11) is 0. The molecule has 3 atom stereocenters. The highest BCUT2D eigenvalue weighted by Gasteiger charge is 2.39. The highest BCUT2D eigenvalue weighted by atomic mass is 19.1. The summed E-state index contributed by atoms with van der Waals surface area (Å²) in [5, 5.41) is 2.85. The maximum Gasteiger partial charge on any atom is 0.275 e. The van der Waals surface area contributed by atoms with Crippen LogP contribution in [0.5, 0.6) is 0 Å². The van der Waals surface area contributed by atoms with Crippen LogP contribution in [0.25, 0.3) is 0 Å². The van der Waals surface area contributed by atoms with Crippen molar-refractivity contribution in [3.05, 3.63) is 46.7 Å². The summed E-state index contributed by atoms with van der Waals surface area (Å²) in [5.41, 5.74) is 5.11. The Labute approximate surface area is 165 Å². The number of amidine groups is 1. The van der Waals surface area contributed by atoms with Crippen LogP contribution < -0.4 is 5.32 Å². The largest absolute Gasteiger partial charge is 0.346 e. The molecule has 0 bridgehead atoms. The van der Waals surface area contributed by atoms with E-state index in [2.05, 4.69) is 35.1 Å². The molecule has 148 valence electrons. The lowest BCUT2D eigenvalue weighted by atomic mass is 9.90. The quantitative estimate of drug-likeness (QED) is 0.807. The van der Waals surface area contributed by atoms with Gasteiger partial charge >= 0.3 is 0 Å². The Kier molecular flexibility index (Phi) is 5.04. The van der Waals surface area contributed by atoms with Crippen molar-refractivity contribution in [1.82, 2.24) is 10.2 Å². The fourth-order valence-electron chi connectivity index (χ4n) is 4.14. The number of alkyl halides is 1. The molecule has 0 saturated heterocycles. The van der Waals surface area contributed by atoms with Gasteiger partial charge in [-0.05, 0) is 46.1 Å². The maximum atomic E-state index is 13.3. The number of carbonyl (C=O) groups excluding carboxylic acids is 1. The number of hydrogen-bond donors (Lipinski definition) is 1. The third-order valence-corrected chi connectivity index (χ3v) is 5.84. The average Bonchev–Trinajstić information content (AvgIpc) is 2.65. The minimum Gasteiger partial charge on any atom is -0.346 e. The van der Waals surface area contributed by atoms with E-state index < -0.39 is 6.17 Å². The molecule has 4 aliphatic rings. The van der Waals surface area contributed by atoms with Crippen molar-refractivity contribution in [2.24, 2.45) is 9.98 Å². The van der Waals surface area contributed by atoms with Crippen LogP contribution in [0.3, 0.4) is 0 Å². The predicted molar refractivity (Wildman–Crippen MR) is 110 cm³/mol. The number of halogens is 1. The molecule has 3 unspecified atom stereocenters. The second-order valence-electron chi connectivity index (χ2n) is 8.00. The highest BCUT2D eigenvalue weighted by molar-refractivity contribution is 6.67. The van der Waals surface area contributed by atoms with Crippen LogP contribution in [0, 0.1) is 0 Å². The summed E-state index contributed by atoms with van der Waals surface area (Å²) in [4.78, 5) is 24.2. The van der Waals surface area contributed by atoms with Gasteiger partial charge in [-0.15, -0.1) is 0 Å². The van der Waals surface area contributed by atoms with Crippen LogP contribution in [-0.4, -0.2) is 47.3 Å². The first-order chi connectivity index (χ1) is 13.4. The fraction of sp³-hybridized carbons (Fsp3) is 0.500. The number of aliphatic imine (C=N–C) groups is 2. The molecule has 0 aromatic heterocycles. The summed E-state index contributed by atoms with van der Waals surface area (Å²) in [6.07, 6.45) is 9.69. The average molecular weight is 382 g/mol. The van der Waals surface area contributed by atoms with Crippen molar-refractivity contribution < 1.29 is 9.18 Å². The Morgan fingerprint density at radius 3 is 2.93 bits per heavy atom. The maximum absolute atomic E-state index is 13.3. The summed E-state index contributed by atoms with van der Waals surface area (Å²) in [6.45, 7) is 6.92. The van der Waals surface area contributed by atoms with Crippen LogP contribution in [0.2, 0.25) is 0 Å². The molecule has 4 rings (SSSR count). The van der Waals surface area contributed by atoms with Crippen molar-refractivity contribution in [3.63, 3.8) is 0 Å². The topological polar surface area (TPSA) is 57.1 Å². The van der Waals surface area contributed by atoms with Gasteiger partial charge in [-0.2, -0.15) is 0 Å². The highest BCUT2D eigenvalue weighted by Crippen LogP contribution is 2.33. The molecule has 6 heteroatoms. The van der Waals surface area contributed by atoms with E-state index in [1.54, 1.807) is 6.08 Å². The number of rotatable bonds is 4. The van der Waals surface area contributed by atoms with Crippen molar-refractivity contribution in [2.45, 2.75) is 64.8 Å². The van der Waals surface area contributed by atoms with E-state index in [9.17, 15) is 9.18 Å². The molecule has 5 nitrogen and oxygen atoms in total. The lowest BCUT2D eigenvalue weighted by molar-refractivity contribution is -0.115. The molecule has 2 heterocycles. The molecule has 0 radical (unpaired) electrons. The van der Waals surface area contributed by atoms with Crippen LogP contribution in [0.15, 0.2) is 56.7 Å². The molecule has 1 amide bonds. The summed E-state index contributed by atoms with van der Waals surface area (Å²) in [6, 6.07) is 0.121. The number of fused-ring (bicyclic) bond motifs is 2. The zero-order valence-electron chi connectivity index (χ0n) is 16.7. The molecular formula is C22H27FN4O. The Bertz CT molecular complexity index is 877. The minimum absolute atomic E-state index is 0.121. The van der Waals surface area contributed by atoms with E-state index >= 15 is 0 Å². The number of hydrogen-bond acceptors (Lipinski definition) is 4. The molecular weight excluding hydrogens is 355 g/mol. The minimum atomic E-state index is -0.853. The summed E-state index contributed by atoms with van der Waals surface area (Å²) in [5.74, 6) is 0.556.